The molecule has 140 valence electrons. The van der Waals surface area contributed by atoms with E-state index in [1.54, 1.807) is 24.0 Å². The molecule has 0 N–H and O–H groups in total. The fourth-order valence-corrected chi connectivity index (χ4v) is 2.87. The molecule has 9 heteroatoms. The van der Waals surface area contributed by atoms with Crippen molar-refractivity contribution in [2.75, 3.05) is 13.1 Å². The molecule has 0 aliphatic carbocycles. The number of benzene rings is 1. The summed E-state index contributed by atoms with van der Waals surface area (Å²) in [5.41, 5.74) is 0. The summed E-state index contributed by atoms with van der Waals surface area (Å²) in [7, 11) is 0. The molecule has 1 aliphatic heterocycles. The number of amides is 1. The van der Waals surface area contributed by atoms with Crippen molar-refractivity contribution in [3.8, 4) is 5.75 Å². The highest BCUT2D eigenvalue weighted by Crippen LogP contribution is 2.32. The van der Waals surface area contributed by atoms with E-state index in [2.05, 4.69) is 10.2 Å². The summed E-state index contributed by atoms with van der Waals surface area (Å²) in [6.07, 6.45) is -4.37. The third-order valence-electron chi connectivity index (χ3n) is 4.24. The van der Waals surface area contributed by atoms with Crippen molar-refractivity contribution in [1.82, 2.24) is 15.1 Å². The minimum absolute atomic E-state index is 0.0296. The number of rotatable bonds is 4. The number of carbonyl (C=O) groups is 1. The summed E-state index contributed by atoms with van der Waals surface area (Å²) in [6, 6.07) is 9.02. The zero-order chi connectivity index (χ0) is 18.7. The third kappa shape index (κ3) is 4.14. The van der Waals surface area contributed by atoms with Crippen molar-refractivity contribution >= 4 is 5.91 Å². The van der Waals surface area contributed by atoms with E-state index in [9.17, 15) is 18.0 Å². The standard InChI is InChI=1S/C17H18F3N3O3/c1-11(25-13-5-3-2-4-6-13)15(24)23-9-7-12(8-10-23)14-21-22-16(26-14)17(18,19)20/h2-6,11-12H,7-10H2,1H3. The van der Waals surface area contributed by atoms with E-state index in [4.69, 9.17) is 9.15 Å². The van der Waals surface area contributed by atoms with Crippen molar-refractivity contribution in [3.05, 3.63) is 42.1 Å². The quantitative estimate of drug-likeness (QED) is 0.827. The van der Waals surface area contributed by atoms with Gasteiger partial charge < -0.3 is 14.1 Å². The second-order valence-corrected chi connectivity index (χ2v) is 6.12. The molecule has 0 bridgehead atoms. The second-order valence-electron chi connectivity index (χ2n) is 6.12. The van der Waals surface area contributed by atoms with Gasteiger partial charge in [-0.2, -0.15) is 13.2 Å². The van der Waals surface area contributed by atoms with Crippen LogP contribution in [0.4, 0.5) is 13.2 Å². The highest BCUT2D eigenvalue weighted by atomic mass is 19.4. The molecule has 1 saturated heterocycles. The molecule has 1 amide bonds. The minimum Gasteiger partial charge on any atom is -0.481 e. The van der Waals surface area contributed by atoms with E-state index < -0.39 is 18.2 Å². The molecule has 1 unspecified atom stereocenters. The van der Waals surface area contributed by atoms with Gasteiger partial charge in [-0.15, -0.1) is 10.2 Å². The maximum Gasteiger partial charge on any atom is 0.470 e. The molecule has 1 aromatic carbocycles. The molecule has 0 saturated carbocycles. The SMILES string of the molecule is CC(Oc1ccccc1)C(=O)N1CCC(c2nnc(C(F)(F)F)o2)CC1. The van der Waals surface area contributed by atoms with Crippen LogP contribution in [-0.4, -0.2) is 40.2 Å². The first-order chi connectivity index (χ1) is 12.3. The molecule has 26 heavy (non-hydrogen) atoms. The largest absolute Gasteiger partial charge is 0.481 e. The lowest BCUT2D eigenvalue weighted by Gasteiger charge is -2.32. The van der Waals surface area contributed by atoms with Crippen LogP contribution in [0, 0.1) is 0 Å². The van der Waals surface area contributed by atoms with Gasteiger partial charge in [0.05, 0.1) is 0 Å². The summed E-state index contributed by atoms with van der Waals surface area (Å²) < 4.78 is 48.0. The Morgan fingerprint density at radius 1 is 1.23 bits per heavy atom. The molecular weight excluding hydrogens is 351 g/mol. The summed E-state index contributed by atoms with van der Waals surface area (Å²) in [5, 5.41) is 6.55. The van der Waals surface area contributed by atoms with Crippen molar-refractivity contribution in [1.29, 1.82) is 0 Å². The van der Waals surface area contributed by atoms with Crippen LogP contribution in [0.1, 0.15) is 37.5 Å². The van der Waals surface area contributed by atoms with Gasteiger partial charge in [-0.05, 0) is 31.9 Å². The van der Waals surface area contributed by atoms with E-state index in [1.165, 1.54) is 0 Å². The average molecular weight is 369 g/mol. The van der Waals surface area contributed by atoms with Crippen molar-refractivity contribution in [3.63, 3.8) is 0 Å². The summed E-state index contributed by atoms with van der Waals surface area (Å²) in [4.78, 5) is 14.1. The van der Waals surface area contributed by atoms with Crippen molar-refractivity contribution < 1.29 is 27.1 Å². The molecule has 1 aromatic heterocycles. The molecule has 2 heterocycles. The first-order valence-electron chi connectivity index (χ1n) is 8.25. The summed E-state index contributed by atoms with van der Waals surface area (Å²) in [6.45, 7) is 2.47. The first kappa shape index (κ1) is 18.2. The number of likely N-dealkylation sites (tertiary alicyclic amines) is 1. The highest BCUT2D eigenvalue weighted by molar-refractivity contribution is 5.81. The Bertz CT molecular complexity index is 740. The summed E-state index contributed by atoms with van der Waals surface area (Å²) in [5.74, 6) is -1.20. The van der Waals surface area contributed by atoms with E-state index >= 15 is 0 Å². The average Bonchev–Trinajstić information content (AvgIpc) is 3.12. The number of hydrogen-bond acceptors (Lipinski definition) is 5. The lowest BCUT2D eigenvalue weighted by Crippen LogP contribution is -2.44. The molecule has 2 aromatic rings. The zero-order valence-corrected chi connectivity index (χ0v) is 14.1. The molecule has 3 rings (SSSR count). The number of nitrogens with zero attached hydrogens (tertiary/aromatic N) is 3. The number of para-hydroxylation sites is 1. The van der Waals surface area contributed by atoms with Crippen LogP contribution in [0.3, 0.4) is 0 Å². The Morgan fingerprint density at radius 2 is 1.88 bits per heavy atom. The Hall–Kier alpha value is -2.58. The minimum atomic E-state index is -4.65. The molecular formula is C17H18F3N3O3. The van der Waals surface area contributed by atoms with Gasteiger partial charge in [-0.3, -0.25) is 4.79 Å². The third-order valence-corrected chi connectivity index (χ3v) is 4.24. The Labute approximate surface area is 148 Å². The Morgan fingerprint density at radius 3 is 2.46 bits per heavy atom. The van der Waals surface area contributed by atoms with Gasteiger partial charge in [-0.1, -0.05) is 18.2 Å². The zero-order valence-electron chi connectivity index (χ0n) is 14.1. The van der Waals surface area contributed by atoms with Gasteiger partial charge in [0, 0.05) is 19.0 Å². The van der Waals surface area contributed by atoms with Crippen LogP contribution >= 0.6 is 0 Å². The van der Waals surface area contributed by atoms with Crippen LogP contribution in [0.5, 0.6) is 5.75 Å². The number of halogens is 3. The Kier molecular flexibility index (Phi) is 5.15. The smallest absolute Gasteiger partial charge is 0.470 e. The molecule has 0 radical (unpaired) electrons. The number of aromatic nitrogens is 2. The molecule has 1 atom stereocenters. The number of piperidine rings is 1. The lowest BCUT2D eigenvalue weighted by atomic mass is 9.96. The normalized spacial score (nSPS) is 17.2. The second kappa shape index (κ2) is 7.35. The van der Waals surface area contributed by atoms with Gasteiger partial charge in [0.2, 0.25) is 5.89 Å². The molecule has 6 nitrogen and oxygen atoms in total. The van der Waals surface area contributed by atoms with Crippen LogP contribution in [-0.2, 0) is 11.0 Å². The van der Waals surface area contributed by atoms with E-state index in [1.807, 2.05) is 18.2 Å². The van der Waals surface area contributed by atoms with Gasteiger partial charge in [-0.25, -0.2) is 0 Å². The Balaban J connectivity index is 1.54. The van der Waals surface area contributed by atoms with E-state index in [0.717, 1.165) is 0 Å². The van der Waals surface area contributed by atoms with Gasteiger partial charge in [0.25, 0.3) is 5.91 Å². The summed E-state index contributed by atoms with van der Waals surface area (Å²) >= 11 is 0. The molecule has 1 aliphatic rings. The molecule has 0 spiro atoms. The van der Waals surface area contributed by atoms with E-state index in [0.29, 0.717) is 31.7 Å². The molecule has 1 fully saturated rings. The first-order valence-corrected chi connectivity index (χ1v) is 8.25. The fourth-order valence-electron chi connectivity index (χ4n) is 2.87. The number of carbonyl (C=O) groups excluding carboxylic acids is 1. The van der Waals surface area contributed by atoms with Crippen LogP contribution in [0.25, 0.3) is 0 Å². The lowest BCUT2D eigenvalue weighted by molar-refractivity contribution is -0.157. The predicted molar refractivity (Wildman–Crippen MR) is 84.4 cm³/mol. The van der Waals surface area contributed by atoms with Gasteiger partial charge in [0.15, 0.2) is 6.10 Å². The monoisotopic (exact) mass is 369 g/mol. The maximum absolute atomic E-state index is 12.5. The van der Waals surface area contributed by atoms with Gasteiger partial charge in [0.1, 0.15) is 5.75 Å². The van der Waals surface area contributed by atoms with E-state index in [-0.39, 0.29) is 17.7 Å². The van der Waals surface area contributed by atoms with Crippen LogP contribution in [0.2, 0.25) is 0 Å². The van der Waals surface area contributed by atoms with Crippen LogP contribution < -0.4 is 4.74 Å². The van der Waals surface area contributed by atoms with Crippen LogP contribution in [0.15, 0.2) is 34.7 Å². The number of ether oxygens (including phenoxy) is 1. The number of hydrogen-bond donors (Lipinski definition) is 0. The fraction of sp³-hybridized carbons (Fsp3) is 0.471. The van der Waals surface area contributed by atoms with Gasteiger partial charge >= 0.3 is 12.1 Å². The number of alkyl halides is 3. The topological polar surface area (TPSA) is 68.5 Å². The maximum atomic E-state index is 12.5. The van der Waals surface area contributed by atoms with Crippen molar-refractivity contribution in [2.45, 2.75) is 38.0 Å². The highest BCUT2D eigenvalue weighted by Gasteiger charge is 2.39. The predicted octanol–water partition coefficient (Wildman–Crippen LogP) is 3.26. The van der Waals surface area contributed by atoms with Crippen molar-refractivity contribution in [2.24, 2.45) is 0 Å².